The first-order valence-corrected chi connectivity index (χ1v) is 12.0. The molecular weight excluding hydrogens is 450 g/mol. The molecule has 1 aliphatic carbocycles. The number of rotatable bonds is 5. The molecule has 0 radical (unpaired) electrons. The van der Waals surface area contributed by atoms with Gasteiger partial charge in [0.25, 0.3) is 0 Å². The molecule has 2 aliphatic heterocycles. The Kier molecular flexibility index (Phi) is 6.27. The van der Waals surface area contributed by atoms with Gasteiger partial charge in [0.1, 0.15) is 11.7 Å². The van der Waals surface area contributed by atoms with Gasteiger partial charge in [-0.3, -0.25) is 4.99 Å². The number of aliphatic imine (C=N–C) groups is 1. The van der Waals surface area contributed by atoms with E-state index in [1.807, 2.05) is 13.0 Å². The van der Waals surface area contributed by atoms with Crippen LogP contribution < -0.4 is 15.0 Å². The minimum absolute atomic E-state index is 0.0690. The van der Waals surface area contributed by atoms with Gasteiger partial charge >= 0.3 is 0 Å². The summed E-state index contributed by atoms with van der Waals surface area (Å²) in [6.45, 7) is 10.1. The smallest absolute Gasteiger partial charge is 0.233 e. The minimum Gasteiger partial charge on any atom is -0.433 e. The lowest BCUT2D eigenvalue weighted by Crippen LogP contribution is -2.44. The highest BCUT2D eigenvalue weighted by Crippen LogP contribution is 2.37. The molecular formula is C26H30F2N6O. The fourth-order valence-electron chi connectivity index (χ4n) is 4.46. The van der Waals surface area contributed by atoms with Gasteiger partial charge in [0, 0.05) is 37.8 Å². The van der Waals surface area contributed by atoms with Crippen LogP contribution in [0.25, 0.3) is 6.08 Å². The van der Waals surface area contributed by atoms with Crippen LogP contribution in [0.3, 0.4) is 0 Å². The van der Waals surface area contributed by atoms with Gasteiger partial charge in [-0.05, 0) is 49.6 Å². The Morgan fingerprint density at radius 2 is 1.83 bits per heavy atom. The van der Waals surface area contributed by atoms with Crippen molar-refractivity contribution in [1.29, 1.82) is 0 Å². The standard InChI is InChI=1S/C26H30F2N6O/c1-15(2)18-12-21(29-14-18)30-26-31-22(34-7-5-33(4)6-8-34)13-23(32-26)35-25-20(27)11-17-9-16(3)10-19(17)24(25)28/h10-13,15H,5-9,14H2,1-4H3,(H,29,30,31,32). The highest BCUT2D eigenvalue weighted by Gasteiger charge is 2.25. The first kappa shape index (κ1) is 23.4. The molecule has 3 aliphatic rings. The van der Waals surface area contributed by atoms with E-state index < -0.39 is 17.4 Å². The van der Waals surface area contributed by atoms with E-state index in [9.17, 15) is 4.39 Å². The van der Waals surface area contributed by atoms with Gasteiger partial charge in [-0.1, -0.05) is 25.5 Å². The Bertz CT molecular complexity index is 1240. The average Bonchev–Trinajstić information content (AvgIpc) is 3.43. The van der Waals surface area contributed by atoms with Gasteiger partial charge in [0.05, 0.1) is 6.54 Å². The fraction of sp³-hybridized carbons (Fsp3) is 0.423. The van der Waals surface area contributed by atoms with E-state index in [2.05, 4.69) is 51.0 Å². The van der Waals surface area contributed by atoms with Crippen molar-refractivity contribution in [3.8, 4) is 11.6 Å². The number of benzene rings is 1. The third-order valence-corrected chi connectivity index (χ3v) is 6.62. The van der Waals surface area contributed by atoms with Crippen LogP contribution in [0.4, 0.5) is 20.5 Å². The van der Waals surface area contributed by atoms with E-state index in [1.165, 1.54) is 11.6 Å². The number of hydrogen-bond donors (Lipinski definition) is 1. The Hall–Kier alpha value is -3.33. The summed E-state index contributed by atoms with van der Waals surface area (Å²) in [5.74, 6) is 0.107. The Balaban J connectivity index is 1.48. The second kappa shape index (κ2) is 9.37. The van der Waals surface area contributed by atoms with Crippen molar-refractivity contribution in [3.05, 3.63) is 52.1 Å². The largest absolute Gasteiger partial charge is 0.433 e. The van der Waals surface area contributed by atoms with E-state index in [1.54, 1.807) is 12.1 Å². The first-order valence-electron chi connectivity index (χ1n) is 12.0. The maximum absolute atomic E-state index is 15.2. The van der Waals surface area contributed by atoms with Gasteiger partial charge in [0.2, 0.25) is 17.6 Å². The monoisotopic (exact) mass is 480 g/mol. The molecule has 0 spiro atoms. The zero-order valence-electron chi connectivity index (χ0n) is 20.5. The SMILES string of the molecule is CC1=Cc2c(cc(F)c(Oc3cc(N4CCN(C)CC4)nc(NC4=NCC(C(C)C)=C4)n3)c2F)C1. The molecule has 1 aromatic carbocycles. The molecule has 7 nitrogen and oxygen atoms in total. The third-order valence-electron chi connectivity index (χ3n) is 6.62. The minimum atomic E-state index is -0.747. The molecule has 1 N–H and O–H groups in total. The predicted octanol–water partition coefficient (Wildman–Crippen LogP) is 4.66. The lowest BCUT2D eigenvalue weighted by Gasteiger charge is -2.33. The van der Waals surface area contributed by atoms with Gasteiger partial charge in [-0.2, -0.15) is 9.97 Å². The fourth-order valence-corrected chi connectivity index (χ4v) is 4.46. The molecule has 1 aromatic heterocycles. The highest BCUT2D eigenvalue weighted by molar-refractivity contribution is 6.04. The summed E-state index contributed by atoms with van der Waals surface area (Å²) in [5.41, 5.74) is 3.19. The molecule has 1 saturated heterocycles. The quantitative estimate of drug-likeness (QED) is 0.671. The molecule has 5 rings (SSSR count). The van der Waals surface area contributed by atoms with Gasteiger partial charge < -0.3 is 19.9 Å². The van der Waals surface area contributed by atoms with E-state index >= 15 is 4.39 Å². The van der Waals surface area contributed by atoms with E-state index in [0.29, 0.717) is 41.7 Å². The molecule has 184 valence electrons. The van der Waals surface area contributed by atoms with E-state index in [4.69, 9.17) is 4.74 Å². The summed E-state index contributed by atoms with van der Waals surface area (Å²) >= 11 is 0. The molecule has 3 heterocycles. The Morgan fingerprint density at radius 1 is 1.06 bits per heavy atom. The lowest BCUT2D eigenvalue weighted by atomic mass is 10.0. The second-order valence-electron chi connectivity index (χ2n) is 9.72. The van der Waals surface area contributed by atoms with Crippen LogP contribution in [0.1, 0.15) is 31.9 Å². The number of nitrogens with one attached hydrogen (secondary N) is 1. The normalized spacial score (nSPS) is 17.9. The maximum atomic E-state index is 15.2. The zero-order chi connectivity index (χ0) is 24.7. The van der Waals surface area contributed by atoms with Crippen LogP contribution in [0.2, 0.25) is 0 Å². The summed E-state index contributed by atoms with van der Waals surface area (Å²) in [7, 11) is 2.07. The summed E-state index contributed by atoms with van der Waals surface area (Å²) < 4.78 is 35.9. The number of nitrogens with zero attached hydrogens (tertiary/aromatic N) is 5. The Morgan fingerprint density at radius 3 is 2.54 bits per heavy atom. The number of likely N-dealkylation sites (N-methyl/N-ethyl adjacent to an activating group) is 1. The molecule has 0 amide bonds. The van der Waals surface area contributed by atoms with Gasteiger partial charge in [-0.15, -0.1) is 0 Å². The molecule has 0 unspecified atom stereocenters. The molecule has 9 heteroatoms. The summed E-state index contributed by atoms with van der Waals surface area (Å²) in [6, 6.07) is 2.98. The van der Waals surface area contributed by atoms with Crippen molar-refractivity contribution >= 4 is 23.7 Å². The molecule has 35 heavy (non-hydrogen) atoms. The first-order chi connectivity index (χ1) is 16.8. The number of anilines is 2. The van der Waals surface area contributed by atoms with Crippen molar-refractivity contribution < 1.29 is 13.5 Å². The zero-order valence-corrected chi connectivity index (χ0v) is 20.5. The van der Waals surface area contributed by atoms with E-state index in [-0.39, 0.29) is 11.8 Å². The van der Waals surface area contributed by atoms with Crippen molar-refractivity contribution in [1.82, 2.24) is 14.9 Å². The number of aromatic nitrogens is 2. The Labute approximate surface area is 204 Å². The number of hydrogen-bond acceptors (Lipinski definition) is 7. The molecule has 0 atom stereocenters. The second-order valence-corrected chi connectivity index (χ2v) is 9.72. The molecule has 2 aromatic rings. The van der Waals surface area contributed by atoms with Crippen LogP contribution in [-0.4, -0.2) is 60.5 Å². The van der Waals surface area contributed by atoms with Crippen LogP contribution in [0, 0.1) is 17.6 Å². The topological polar surface area (TPSA) is 65.9 Å². The van der Waals surface area contributed by atoms with Crippen LogP contribution >= 0.6 is 0 Å². The molecule has 0 bridgehead atoms. The number of amidine groups is 1. The van der Waals surface area contributed by atoms with Crippen LogP contribution in [0.15, 0.2) is 34.3 Å². The van der Waals surface area contributed by atoms with Crippen molar-refractivity contribution in [2.24, 2.45) is 10.9 Å². The average molecular weight is 481 g/mol. The number of halogens is 2. The highest BCUT2D eigenvalue weighted by atomic mass is 19.1. The maximum Gasteiger partial charge on any atom is 0.233 e. The third kappa shape index (κ3) is 4.91. The van der Waals surface area contributed by atoms with Crippen molar-refractivity contribution in [2.45, 2.75) is 27.2 Å². The van der Waals surface area contributed by atoms with Gasteiger partial charge in [-0.25, -0.2) is 8.78 Å². The van der Waals surface area contributed by atoms with Crippen LogP contribution in [0.5, 0.6) is 11.6 Å². The summed E-state index contributed by atoms with van der Waals surface area (Å²) in [4.78, 5) is 18.0. The predicted molar refractivity (Wildman–Crippen MR) is 134 cm³/mol. The molecule has 0 saturated carbocycles. The molecule has 1 fully saturated rings. The van der Waals surface area contributed by atoms with Crippen molar-refractivity contribution in [3.63, 3.8) is 0 Å². The van der Waals surface area contributed by atoms with Gasteiger partial charge in [0.15, 0.2) is 11.6 Å². The lowest BCUT2D eigenvalue weighted by molar-refractivity contribution is 0.312. The number of ether oxygens (including phenoxy) is 1. The summed E-state index contributed by atoms with van der Waals surface area (Å²) in [5, 5.41) is 3.15. The number of allylic oxidation sites excluding steroid dienone is 1. The van der Waals surface area contributed by atoms with Crippen molar-refractivity contribution in [2.75, 3.05) is 50.0 Å². The summed E-state index contributed by atoms with van der Waals surface area (Å²) in [6.07, 6.45) is 4.26. The van der Waals surface area contributed by atoms with Crippen LogP contribution in [-0.2, 0) is 6.42 Å². The number of fused-ring (bicyclic) bond motifs is 1. The number of piperazine rings is 1. The van der Waals surface area contributed by atoms with E-state index in [0.717, 1.165) is 31.8 Å².